The van der Waals surface area contributed by atoms with Gasteiger partial charge in [-0.25, -0.2) is 14.3 Å². The number of benzene rings is 1. The van der Waals surface area contributed by atoms with Crippen molar-refractivity contribution in [3.05, 3.63) is 40.1 Å². The molecule has 0 aliphatic rings. The number of rotatable bonds is 6. The highest BCUT2D eigenvalue weighted by Gasteiger charge is 2.12. The largest absolute Gasteiger partial charge is 0.343 e. The highest BCUT2D eigenvalue weighted by atomic mass is 32.2. The van der Waals surface area contributed by atoms with Crippen molar-refractivity contribution >= 4 is 11.8 Å². The number of H-pyrrole nitrogens is 1. The van der Waals surface area contributed by atoms with Gasteiger partial charge in [-0.2, -0.15) is 0 Å². The average molecular weight is 296 g/mol. The lowest BCUT2D eigenvalue weighted by molar-refractivity contribution is 0.591. The summed E-state index contributed by atoms with van der Waals surface area (Å²) in [5.41, 5.74) is 0.615. The summed E-state index contributed by atoms with van der Waals surface area (Å²) in [6.07, 6.45) is 0.816. The summed E-state index contributed by atoms with van der Waals surface area (Å²) in [7, 11) is 1.81. The van der Waals surface area contributed by atoms with E-state index in [2.05, 4.69) is 15.5 Å². The monoisotopic (exact) mass is 296 g/mol. The summed E-state index contributed by atoms with van der Waals surface area (Å²) in [6, 6.07) is 5.06. The standard InChI is InChI=1S/C13H17FN4OS/c1-3-6-18-12(19)16-17-13(18)20-11-5-4-9(8-15-2)7-10(11)14/h4-5,7,15H,3,6,8H2,1-2H3,(H,16,19). The summed E-state index contributed by atoms with van der Waals surface area (Å²) in [5, 5.41) is 9.79. The molecule has 2 rings (SSSR count). The number of aromatic amines is 1. The van der Waals surface area contributed by atoms with Crippen LogP contribution >= 0.6 is 11.8 Å². The van der Waals surface area contributed by atoms with Gasteiger partial charge in [0.15, 0.2) is 5.16 Å². The molecule has 0 spiro atoms. The van der Waals surface area contributed by atoms with E-state index in [1.165, 1.54) is 10.6 Å². The zero-order chi connectivity index (χ0) is 14.5. The van der Waals surface area contributed by atoms with Gasteiger partial charge in [-0.1, -0.05) is 13.0 Å². The van der Waals surface area contributed by atoms with Gasteiger partial charge in [0.1, 0.15) is 5.82 Å². The molecule has 0 saturated heterocycles. The van der Waals surface area contributed by atoms with Crippen molar-refractivity contribution in [2.75, 3.05) is 7.05 Å². The van der Waals surface area contributed by atoms with Crippen LogP contribution < -0.4 is 11.0 Å². The SMILES string of the molecule is CCCn1c(Sc2ccc(CNC)cc2F)n[nH]c1=O. The average Bonchev–Trinajstić information content (AvgIpc) is 2.75. The molecule has 20 heavy (non-hydrogen) atoms. The quantitative estimate of drug-likeness (QED) is 0.856. The Morgan fingerprint density at radius 2 is 2.30 bits per heavy atom. The smallest absolute Gasteiger partial charge is 0.316 e. The Morgan fingerprint density at radius 1 is 1.50 bits per heavy atom. The fraction of sp³-hybridized carbons (Fsp3) is 0.385. The van der Waals surface area contributed by atoms with Crippen molar-refractivity contribution in [3.8, 4) is 0 Å². The van der Waals surface area contributed by atoms with E-state index in [9.17, 15) is 9.18 Å². The molecule has 7 heteroatoms. The Hall–Kier alpha value is -1.60. The second-order valence-electron chi connectivity index (χ2n) is 4.36. The van der Waals surface area contributed by atoms with Gasteiger partial charge >= 0.3 is 5.69 Å². The lowest BCUT2D eigenvalue weighted by atomic mass is 10.2. The van der Waals surface area contributed by atoms with Gasteiger partial charge in [-0.3, -0.25) is 4.57 Å². The predicted molar refractivity (Wildman–Crippen MR) is 76.4 cm³/mol. The summed E-state index contributed by atoms with van der Waals surface area (Å²) >= 11 is 1.15. The molecule has 1 aromatic carbocycles. The second kappa shape index (κ2) is 6.71. The maximum absolute atomic E-state index is 14.0. The van der Waals surface area contributed by atoms with E-state index in [4.69, 9.17) is 0 Å². The molecule has 1 aromatic heterocycles. The maximum Gasteiger partial charge on any atom is 0.343 e. The molecule has 0 radical (unpaired) electrons. The fourth-order valence-electron chi connectivity index (χ4n) is 1.84. The molecule has 2 aromatic rings. The summed E-state index contributed by atoms with van der Waals surface area (Å²) in [4.78, 5) is 12.0. The third-order valence-corrected chi connectivity index (χ3v) is 3.79. The van der Waals surface area contributed by atoms with E-state index in [0.29, 0.717) is 23.1 Å². The van der Waals surface area contributed by atoms with E-state index < -0.39 is 0 Å². The highest BCUT2D eigenvalue weighted by Crippen LogP contribution is 2.28. The number of nitrogens with zero attached hydrogens (tertiary/aromatic N) is 2. The van der Waals surface area contributed by atoms with E-state index in [1.54, 1.807) is 6.07 Å². The van der Waals surface area contributed by atoms with Crippen LogP contribution in [0.5, 0.6) is 0 Å². The van der Waals surface area contributed by atoms with Crippen molar-refractivity contribution in [1.29, 1.82) is 0 Å². The van der Waals surface area contributed by atoms with Crippen LogP contribution in [0.2, 0.25) is 0 Å². The van der Waals surface area contributed by atoms with Crippen molar-refractivity contribution in [3.63, 3.8) is 0 Å². The van der Waals surface area contributed by atoms with Crippen molar-refractivity contribution < 1.29 is 4.39 Å². The van der Waals surface area contributed by atoms with E-state index in [-0.39, 0.29) is 11.5 Å². The van der Waals surface area contributed by atoms with Gasteiger partial charge in [0.05, 0.1) is 4.90 Å². The zero-order valence-electron chi connectivity index (χ0n) is 11.4. The lowest BCUT2D eigenvalue weighted by Crippen LogP contribution is -2.17. The number of nitrogens with one attached hydrogen (secondary N) is 2. The minimum Gasteiger partial charge on any atom is -0.316 e. The molecule has 108 valence electrons. The van der Waals surface area contributed by atoms with Crippen LogP contribution in [0.3, 0.4) is 0 Å². The number of hydrogen-bond acceptors (Lipinski definition) is 4. The first-order chi connectivity index (χ1) is 9.65. The minimum absolute atomic E-state index is 0.262. The molecular formula is C13H17FN4OS. The Bertz CT molecular complexity index is 638. The third kappa shape index (κ3) is 3.29. The topological polar surface area (TPSA) is 62.7 Å². The Kier molecular flexibility index (Phi) is 4.97. The van der Waals surface area contributed by atoms with Crippen LogP contribution in [0.25, 0.3) is 0 Å². The normalized spacial score (nSPS) is 10.9. The Labute approximate surface area is 120 Å². The minimum atomic E-state index is -0.304. The van der Waals surface area contributed by atoms with Crippen LogP contribution in [0.15, 0.2) is 33.0 Å². The molecule has 0 unspecified atom stereocenters. The molecular weight excluding hydrogens is 279 g/mol. The molecule has 5 nitrogen and oxygen atoms in total. The second-order valence-corrected chi connectivity index (χ2v) is 5.37. The predicted octanol–water partition coefficient (Wildman–Crippen LogP) is 1.99. The van der Waals surface area contributed by atoms with Gasteiger partial charge in [-0.15, -0.1) is 5.10 Å². The molecule has 0 atom stereocenters. The van der Waals surface area contributed by atoms with Crippen LogP contribution in [-0.4, -0.2) is 21.8 Å². The van der Waals surface area contributed by atoms with Gasteiger partial charge in [0.2, 0.25) is 0 Å². The van der Waals surface area contributed by atoms with E-state index in [1.807, 2.05) is 20.0 Å². The van der Waals surface area contributed by atoms with E-state index >= 15 is 0 Å². The van der Waals surface area contributed by atoms with Crippen molar-refractivity contribution in [2.24, 2.45) is 0 Å². The van der Waals surface area contributed by atoms with Crippen molar-refractivity contribution in [1.82, 2.24) is 20.1 Å². The van der Waals surface area contributed by atoms with Crippen molar-refractivity contribution in [2.45, 2.75) is 36.5 Å². The molecule has 2 N–H and O–H groups in total. The third-order valence-electron chi connectivity index (χ3n) is 2.75. The first kappa shape index (κ1) is 14.8. The van der Waals surface area contributed by atoms with Gasteiger partial charge in [-0.05, 0) is 42.9 Å². The van der Waals surface area contributed by atoms with Gasteiger partial charge in [0.25, 0.3) is 0 Å². The van der Waals surface area contributed by atoms with Gasteiger partial charge in [0, 0.05) is 13.1 Å². The summed E-state index contributed by atoms with van der Waals surface area (Å²) in [6.45, 7) is 3.16. The van der Waals surface area contributed by atoms with Crippen LogP contribution in [-0.2, 0) is 13.1 Å². The molecule has 0 amide bonds. The Balaban J connectivity index is 2.24. The van der Waals surface area contributed by atoms with Crippen LogP contribution in [0, 0.1) is 5.82 Å². The Morgan fingerprint density at radius 3 is 2.95 bits per heavy atom. The molecule has 0 bridgehead atoms. The summed E-state index contributed by atoms with van der Waals surface area (Å²) < 4.78 is 15.5. The number of halogens is 1. The first-order valence-electron chi connectivity index (χ1n) is 6.41. The molecule has 0 aliphatic carbocycles. The summed E-state index contributed by atoms with van der Waals surface area (Å²) in [5.74, 6) is -0.304. The zero-order valence-corrected chi connectivity index (χ0v) is 12.3. The molecule has 1 heterocycles. The highest BCUT2D eigenvalue weighted by molar-refractivity contribution is 7.99. The molecule has 0 fully saturated rings. The molecule has 0 aliphatic heterocycles. The maximum atomic E-state index is 14.0. The van der Waals surface area contributed by atoms with Gasteiger partial charge < -0.3 is 5.32 Å². The van der Waals surface area contributed by atoms with Crippen LogP contribution in [0.1, 0.15) is 18.9 Å². The fourth-order valence-corrected chi connectivity index (χ4v) is 2.71. The molecule has 0 saturated carbocycles. The number of hydrogen-bond donors (Lipinski definition) is 2. The van der Waals surface area contributed by atoms with Crippen LogP contribution in [0.4, 0.5) is 4.39 Å². The lowest BCUT2D eigenvalue weighted by Gasteiger charge is -2.06. The first-order valence-corrected chi connectivity index (χ1v) is 7.23. The van der Waals surface area contributed by atoms with E-state index in [0.717, 1.165) is 23.7 Å². The number of aromatic nitrogens is 3.